The zero-order valence-corrected chi connectivity index (χ0v) is 14.7. The molecule has 2 saturated carbocycles. The second kappa shape index (κ2) is 5.17. The smallest absolute Gasteiger partial charge is 0.165 e. The number of allylic oxidation sites excluding steroid dienone is 1. The molecule has 1 heteroatoms. The van der Waals surface area contributed by atoms with Gasteiger partial charge in [0.2, 0.25) is 0 Å². The molecule has 0 unspecified atom stereocenters. The van der Waals surface area contributed by atoms with Crippen LogP contribution in [0.3, 0.4) is 0 Å². The number of carbonyl (C=O) groups excluding carboxylic acids is 1. The molecule has 0 amide bonds. The first-order valence-corrected chi connectivity index (χ1v) is 8.85. The van der Waals surface area contributed by atoms with Crippen LogP contribution in [0.25, 0.3) is 17.2 Å². The number of hydrogen-bond donors (Lipinski definition) is 0. The molecule has 0 radical (unpaired) electrons. The molecule has 2 fully saturated rings. The van der Waals surface area contributed by atoms with Crippen LogP contribution in [0.2, 0.25) is 0 Å². The topological polar surface area (TPSA) is 17.1 Å². The Labute approximate surface area is 144 Å². The normalized spacial score (nSPS) is 29.4. The molecule has 0 N–H and O–H groups in total. The van der Waals surface area contributed by atoms with Crippen LogP contribution < -0.4 is 0 Å². The molecule has 2 aliphatic rings. The van der Waals surface area contributed by atoms with Crippen molar-refractivity contribution in [3.05, 3.63) is 65.7 Å². The Bertz CT molecular complexity index is 811. The van der Waals surface area contributed by atoms with Crippen molar-refractivity contribution >= 4 is 11.9 Å². The predicted octanol–water partition coefficient (Wildman–Crippen LogP) is 5.76. The van der Waals surface area contributed by atoms with Crippen LogP contribution in [-0.4, -0.2) is 5.78 Å². The Hall–Kier alpha value is -2.15. The zero-order chi connectivity index (χ0) is 16.9. The number of carbonyl (C=O) groups is 1. The lowest BCUT2D eigenvalue weighted by atomic mass is 9.70. The van der Waals surface area contributed by atoms with Crippen LogP contribution in [0.1, 0.15) is 39.2 Å². The maximum Gasteiger partial charge on any atom is 0.165 e. The standard InChI is InChI=1S/C23H24O/c1-22(2)20-13-14-23(22,3)21(24)19(20)15-16-9-11-18(12-10-16)17-7-5-4-6-8-17/h4-12,15,20H,13-14H2,1-3H3/b19-15-/t20-,23+/m0/s1. The Morgan fingerprint density at radius 3 is 2.12 bits per heavy atom. The number of rotatable bonds is 2. The van der Waals surface area contributed by atoms with Crippen molar-refractivity contribution in [2.45, 2.75) is 33.6 Å². The van der Waals surface area contributed by atoms with E-state index >= 15 is 0 Å². The van der Waals surface area contributed by atoms with Crippen molar-refractivity contribution in [2.24, 2.45) is 16.7 Å². The van der Waals surface area contributed by atoms with Gasteiger partial charge in [0.1, 0.15) is 0 Å². The molecular weight excluding hydrogens is 292 g/mol. The quantitative estimate of drug-likeness (QED) is 0.644. The van der Waals surface area contributed by atoms with Gasteiger partial charge in [-0.05, 0) is 52.5 Å². The van der Waals surface area contributed by atoms with Gasteiger partial charge < -0.3 is 0 Å². The molecule has 2 bridgehead atoms. The molecule has 122 valence electrons. The Morgan fingerprint density at radius 2 is 1.54 bits per heavy atom. The van der Waals surface area contributed by atoms with E-state index in [0.29, 0.717) is 11.7 Å². The molecule has 2 atom stereocenters. The van der Waals surface area contributed by atoms with Gasteiger partial charge in [0.25, 0.3) is 0 Å². The summed E-state index contributed by atoms with van der Waals surface area (Å²) in [5.41, 5.74) is 4.52. The van der Waals surface area contributed by atoms with Crippen LogP contribution in [0.15, 0.2) is 60.2 Å². The second-order valence-corrected chi connectivity index (χ2v) is 8.06. The van der Waals surface area contributed by atoms with E-state index in [0.717, 1.165) is 24.0 Å². The van der Waals surface area contributed by atoms with Crippen LogP contribution >= 0.6 is 0 Å². The fourth-order valence-corrected chi connectivity index (χ4v) is 4.68. The van der Waals surface area contributed by atoms with Crippen molar-refractivity contribution in [1.29, 1.82) is 0 Å². The minimum absolute atomic E-state index is 0.0832. The SMILES string of the molecule is CC1(C)[C@H]2CC[C@]1(C)C(=O)/C2=C\c1ccc(-c2ccccc2)cc1. The largest absolute Gasteiger partial charge is 0.294 e. The molecular formula is C23H24O. The molecule has 2 aromatic carbocycles. The highest BCUT2D eigenvalue weighted by Gasteiger charge is 2.63. The third-order valence-corrected chi connectivity index (χ3v) is 6.71. The highest BCUT2D eigenvalue weighted by Crippen LogP contribution is 2.65. The average Bonchev–Trinajstić information content (AvgIpc) is 2.90. The summed E-state index contributed by atoms with van der Waals surface area (Å²) in [6.07, 6.45) is 4.31. The minimum atomic E-state index is -0.173. The summed E-state index contributed by atoms with van der Waals surface area (Å²) in [5.74, 6) is 0.777. The van der Waals surface area contributed by atoms with Gasteiger partial charge in [0.05, 0.1) is 0 Å². The molecule has 0 aliphatic heterocycles. The molecule has 0 saturated heterocycles. The van der Waals surface area contributed by atoms with Gasteiger partial charge >= 0.3 is 0 Å². The van der Waals surface area contributed by atoms with E-state index in [2.05, 4.69) is 75.4 Å². The third-order valence-electron chi connectivity index (χ3n) is 6.71. The number of ketones is 1. The summed E-state index contributed by atoms with van der Waals surface area (Å²) in [6, 6.07) is 18.9. The van der Waals surface area contributed by atoms with Crippen molar-refractivity contribution in [3.8, 4) is 11.1 Å². The van der Waals surface area contributed by atoms with Gasteiger partial charge in [0.15, 0.2) is 5.78 Å². The van der Waals surface area contributed by atoms with Crippen molar-refractivity contribution in [1.82, 2.24) is 0 Å². The average molecular weight is 316 g/mol. The highest BCUT2D eigenvalue weighted by molar-refractivity contribution is 6.07. The number of Topliss-reactive ketones (excluding diaryl/α,β-unsaturated/α-hetero) is 1. The first kappa shape index (κ1) is 15.4. The zero-order valence-electron chi connectivity index (χ0n) is 14.7. The van der Waals surface area contributed by atoms with E-state index in [1.807, 2.05) is 6.07 Å². The monoisotopic (exact) mass is 316 g/mol. The van der Waals surface area contributed by atoms with Crippen LogP contribution in [-0.2, 0) is 4.79 Å². The maximum atomic E-state index is 12.9. The van der Waals surface area contributed by atoms with Gasteiger partial charge in [-0.25, -0.2) is 0 Å². The summed E-state index contributed by atoms with van der Waals surface area (Å²) in [7, 11) is 0. The summed E-state index contributed by atoms with van der Waals surface area (Å²) < 4.78 is 0. The second-order valence-electron chi connectivity index (χ2n) is 8.06. The van der Waals surface area contributed by atoms with Gasteiger partial charge in [-0.2, -0.15) is 0 Å². The molecule has 4 rings (SSSR count). The van der Waals surface area contributed by atoms with Gasteiger partial charge in [-0.15, -0.1) is 0 Å². The van der Waals surface area contributed by atoms with Crippen molar-refractivity contribution in [3.63, 3.8) is 0 Å². The van der Waals surface area contributed by atoms with Crippen molar-refractivity contribution < 1.29 is 4.79 Å². The first-order valence-electron chi connectivity index (χ1n) is 8.85. The summed E-state index contributed by atoms with van der Waals surface area (Å²) in [4.78, 5) is 12.9. The van der Waals surface area contributed by atoms with E-state index in [4.69, 9.17) is 0 Å². The number of hydrogen-bond acceptors (Lipinski definition) is 1. The molecule has 24 heavy (non-hydrogen) atoms. The Kier molecular flexibility index (Phi) is 3.32. The number of benzene rings is 2. The van der Waals surface area contributed by atoms with Crippen LogP contribution in [0, 0.1) is 16.7 Å². The summed E-state index contributed by atoms with van der Waals surface area (Å²) in [5, 5.41) is 0. The predicted molar refractivity (Wildman–Crippen MR) is 99.5 cm³/mol. The highest BCUT2D eigenvalue weighted by atomic mass is 16.1. The molecule has 0 aromatic heterocycles. The van der Waals surface area contributed by atoms with Gasteiger partial charge in [0, 0.05) is 5.41 Å². The van der Waals surface area contributed by atoms with E-state index in [-0.39, 0.29) is 10.8 Å². The Balaban J connectivity index is 1.67. The van der Waals surface area contributed by atoms with E-state index in [9.17, 15) is 4.79 Å². The van der Waals surface area contributed by atoms with E-state index in [1.165, 1.54) is 11.1 Å². The molecule has 0 heterocycles. The molecule has 2 aliphatic carbocycles. The van der Waals surface area contributed by atoms with Crippen molar-refractivity contribution in [2.75, 3.05) is 0 Å². The number of fused-ring (bicyclic) bond motifs is 2. The molecule has 2 aromatic rings. The fourth-order valence-electron chi connectivity index (χ4n) is 4.68. The minimum Gasteiger partial charge on any atom is -0.294 e. The fraction of sp³-hybridized carbons (Fsp3) is 0.348. The Morgan fingerprint density at radius 1 is 0.917 bits per heavy atom. The summed E-state index contributed by atoms with van der Waals surface area (Å²) >= 11 is 0. The lowest BCUT2D eigenvalue weighted by Gasteiger charge is -2.31. The summed E-state index contributed by atoms with van der Waals surface area (Å²) in [6.45, 7) is 6.69. The first-order chi connectivity index (χ1) is 11.4. The maximum absolute atomic E-state index is 12.9. The lowest BCUT2D eigenvalue weighted by Crippen LogP contribution is -2.32. The lowest BCUT2D eigenvalue weighted by molar-refractivity contribution is -0.125. The molecule has 1 nitrogen and oxygen atoms in total. The van der Waals surface area contributed by atoms with E-state index in [1.54, 1.807) is 0 Å². The van der Waals surface area contributed by atoms with Crippen LogP contribution in [0.4, 0.5) is 0 Å². The van der Waals surface area contributed by atoms with Crippen LogP contribution in [0.5, 0.6) is 0 Å². The van der Waals surface area contributed by atoms with Gasteiger partial charge in [-0.3, -0.25) is 4.79 Å². The van der Waals surface area contributed by atoms with Gasteiger partial charge in [-0.1, -0.05) is 75.4 Å². The molecule has 0 spiro atoms. The van der Waals surface area contributed by atoms with E-state index < -0.39 is 0 Å². The third kappa shape index (κ3) is 2.04.